The molecule has 37 heavy (non-hydrogen) atoms. The third-order valence-electron chi connectivity index (χ3n) is 5.99. The standard InChI is InChI=1S/C28H26N2O7/c1-16(31)29-18-7-5-8-19(15-18)30-25(17-11-13-20(35-2)14-12-17)24(27(33)28(30)34)26(32)23-21(36-3)9-6-10-22(23)37-4/h5-15,25,32H,1-4H3,(H,29,31)/b26-24+. The van der Waals surface area contributed by atoms with Crippen LogP contribution in [-0.2, 0) is 14.4 Å². The molecule has 2 amide bonds. The third-order valence-corrected chi connectivity index (χ3v) is 5.99. The molecule has 0 spiro atoms. The number of nitrogens with zero attached hydrogens (tertiary/aromatic N) is 1. The molecule has 1 aliphatic rings. The van der Waals surface area contributed by atoms with Gasteiger partial charge >= 0.3 is 0 Å². The van der Waals surface area contributed by atoms with Crippen molar-refractivity contribution in [2.45, 2.75) is 13.0 Å². The molecule has 0 aliphatic carbocycles. The molecule has 1 aliphatic heterocycles. The average Bonchev–Trinajstić information content (AvgIpc) is 3.17. The van der Waals surface area contributed by atoms with Crippen molar-refractivity contribution >= 4 is 34.7 Å². The number of nitrogens with one attached hydrogen (secondary N) is 1. The van der Waals surface area contributed by atoms with Crippen LogP contribution in [-0.4, -0.2) is 44.0 Å². The molecule has 9 heteroatoms. The van der Waals surface area contributed by atoms with E-state index in [0.717, 1.165) is 0 Å². The number of carbonyl (C=O) groups excluding carboxylic acids is 3. The highest BCUT2D eigenvalue weighted by molar-refractivity contribution is 6.51. The summed E-state index contributed by atoms with van der Waals surface area (Å²) in [7, 11) is 4.39. The van der Waals surface area contributed by atoms with E-state index in [1.165, 1.54) is 33.2 Å². The van der Waals surface area contributed by atoms with Crippen LogP contribution < -0.4 is 24.4 Å². The number of rotatable bonds is 7. The fraction of sp³-hybridized carbons (Fsp3) is 0.179. The fourth-order valence-corrected chi connectivity index (χ4v) is 4.36. The Balaban J connectivity index is 1.98. The maximum absolute atomic E-state index is 13.5. The molecule has 1 saturated heterocycles. The number of aliphatic hydroxyl groups is 1. The van der Waals surface area contributed by atoms with Crippen LogP contribution in [0.15, 0.2) is 72.3 Å². The summed E-state index contributed by atoms with van der Waals surface area (Å²) in [6, 6.07) is 17.3. The van der Waals surface area contributed by atoms with Crippen molar-refractivity contribution < 1.29 is 33.7 Å². The highest BCUT2D eigenvalue weighted by atomic mass is 16.5. The van der Waals surface area contributed by atoms with E-state index in [1.54, 1.807) is 66.7 Å². The molecule has 9 nitrogen and oxygen atoms in total. The summed E-state index contributed by atoms with van der Waals surface area (Å²) in [5, 5.41) is 14.2. The van der Waals surface area contributed by atoms with Crippen LogP contribution in [0.3, 0.4) is 0 Å². The van der Waals surface area contributed by atoms with Crippen LogP contribution in [0.1, 0.15) is 24.1 Å². The van der Waals surface area contributed by atoms with Crippen LogP contribution in [0.25, 0.3) is 5.76 Å². The molecule has 190 valence electrons. The van der Waals surface area contributed by atoms with Gasteiger partial charge in [-0.05, 0) is 48.0 Å². The number of methoxy groups -OCH3 is 3. The number of amides is 2. The van der Waals surface area contributed by atoms with Gasteiger partial charge < -0.3 is 24.6 Å². The predicted octanol–water partition coefficient (Wildman–Crippen LogP) is 4.30. The molecular formula is C28H26N2O7. The molecule has 0 saturated carbocycles. The molecule has 0 aromatic heterocycles. The molecule has 0 radical (unpaired) electrons. The summed E-state index contributed by atoms with van der Waals surface area (Å²) in [6.45, 7) is 1.37. The number of aliphatic hydroxyl groups excluding tert-OH is 1. The van der Waals surface area contributed by atoms with Crippen molar-refractivity contribution in [1.82, 2.24) is 0 Å². The maximum atomic E-state index is 13.5. The normalized spacial score (nSPS) is 16.4. The minimum absolute atomic E-state index is 0.136. The molecule has 1 fully saturated rings. The van der Waals surface area contributed by atoms with Crippen molar-refractivity contribution in [2.24, 2.45) is 0 Å². The van der Waals surface area contributed by atoms with E-state index in [-0.39, 0.29) is 28.5 Å². The molecule has 2 N–H and O–H groups in total. The first-order chi connectivity index (χ1) is 17.8. The molecule has 1 atom stereocenters. The Morgan fingerprint density at radius 3 is 2.08 bits per heavy atom. The zero-order valence-electron chi connectivity index (χ0n) is 20.8. The average molecular weight is 503 g/mol. The van der Waals surface area contributed by atoms with Crippen molar-refractivity contribution in [3.05, 3.63) is 83.4 Å². The maximum Gasteiger partial charge on any atom is 0.300 e. The van der Waals surface area contributed by atoms with Crippen LogP contribution >= 0.6 is 0 Å². The first-order valence-corrected chi connectivity index (χ1v) is 11.3. The SMILES string of the molecule is COc1ccc(C2/C(=C(\O)c3c(OC)cccc3OC)C(=O)C(=O)N2c2cccc(NC(C)=O)c2)cc1. The van der Waals surface area contributed by atoms with Crippen LogP contribution in [0.4, 0.5) is 11.4 Å². The van der Waals surface area contributed by atoms with E-state index >= 15 is 0 Å². The summed E-state index contributed by atoms with van der Waals surface area (Å²) in [6.07, 6.45) is 0. The second-order valence-electron chi connectivity index (χ2n) is 8.21. The second kappa shape index (κ2) is 10.4. The van der Waals surface area contributed by atoms with Crippen LogP contribution in [0, 0.1) is 0 Å². The van der Waals surface area contributed by atoms with E-state index in [2.05, 4.69) is 5.32 Å². The summed E-state index contributed by atoms with van der Waals surface area (Å²) >= 11 is 0. The first-order valence-electron chi connectivity index (χ1n) is 11.3. The third kappa shape index (κ3) is 4.71. The fourth-order valence-electron chi connectivity index (χ4n) is 4.36. The lowest BCUT2D eigenvalue weighted by Crippen LogP contribution is -2.29. The van der Waals surface area contributed by atoms with Gasteiger partial charge in [0.15, 0.2) is 0 Å². The Morgan fingerprint density at radius 1 is 0.892 bits per heavy atom. The van der Waals surface area contributed by atoms with Gasteiger partial charge in [-0.15, -0.1) is 0 Å². The number of ketones is 1. The number of hydrogen-bond donors (Lipinski definition) is 2. The Hall–Kier alpha value is -4.79. The summed E-state index contributed by atoms with van der Waals surface area (Å²) in [5.74, 6) is -1.32. The van der Waals surface area contributed by atoms with Gasteiger partial charge in [0, 0.05) is 18.3 Å². The Kier molecular flexibility index (Phi) is 7.15. The summed E-state index contributed by atoms with van der Waals surface area (Å²) < 4.78 is 16.1. The predicted molar refractivity (Wildman–Crippen MR) is 138 cm³/mol. The molecule has 4 rings (SSSR count). The Labute approximate surface area is 213 Å². The van der Waals surface area contributed by atoms with Gasteiger partial charge in [-0.2, -0.15) is 0 Å². The topological polar surface area (TPSA) is 114 Å². The number of carbonyl (C=O) groups is 3. The second-order valence-corrected chi connectivity index (χ2v) is 8.21. The largest absolute Gasteiger partial charge is 0.506 e. The van der Waals surface area contributed by atoms with Gasteiger partial charge in [-0.3, -0.25) is 19.3 Å². The number of anilines is 2. The lowest BCUT2D eigenvalue weighted by molar-refractivity contribution is -0.132. The van der Waals surface area contributed by atoms with E-state index in [4.69, 9.17) is 14.2 Å². The van der Waals surface area contributed by atoms with Gasteiger partial charge in [0.2, 0.25) is 5.91 Å². The molecule has 3 aromatic carbocycles. The van der Waals surface area contributed by atoms with E-state index in [0.29, 0.717) is 22.7 Å². The number of ether oxygens (including phenoxy) is 3. The summed E-state index contributed by atoms with van der Waals surface area (Å²) in [5.41, 5.74) is 1.38. The molecule has 0 bridgehead atoms. The quantitative estimate of drug-likeness (QED) is 0.281. The minimum atomic E-state index is -0.992. The van der Waals surface area contributed by atoms with E-state index in [1.807, 2.05) is 0 Å². The van der Waals surface area contributed by atoms with Crippen molar-refractivity contribution in [3.8, 4) is 17.2 Å². The molecular weight excluding hydrogens is 476 g/mol. The van der Waals surface area contributed by atoms with Crippen molar-refractivity contribution in [1.29, 1.82) is 0 Å². The monoisotopic (exact) mass is 502 g/mol. The first kappa shape index (κ1) is 25.3. The van der Waals surface area contributed by atoms with Gasteiger partial charge in [-0.25, -0.2) is 0 Å². The lowest BCUT2D eigenvalue weighted by Gasteiger charge is -2.26. The number of benzene rings is 3. The van der Waals surface area contributed by atoms with Crippen molar-refractivity contribution in [2.75, 3.05) is 31.5 Å². The summed E-state index contributed by atoms with van der Waals surface area (Å²) in [4.78, 5) is 39.8. The number of hydrogen-bond acceptors (Lipinski definition) is 7. The van der Waals surface area contributed by atoms with Gasteiger partial charge in [0.05, 0.1) is 32.9 Å². The zero-order chi connectivity index (χ0) is 26.7. The van der Waals surface area contributed by atoms with Crippen LogP contribution in [0.2, 0.25) is 0 Å². The Morgan fingerprint density at radius 2 is 1.51 bits per heavy atom. The highest BCUT2D eigenvalue weighted by Gasteiger charge is 2.47. The highest BCUT2D eigenvalue weighted by Crippen LogP contribution is 2.45. The van der Waals surface area contributed by atoms with Gasteiger partial charge in [-0.1, -0.05) is 24.3 Å². The van der Waals surface area contributed by atoms with Gasteiger partial charge in [0.1, 0.15) is 28.6 Å². The molecule has 3 aromatic rings. The van der Waals surface area contributed by atoms with Crippen LogP contribution in [0.5, 0.6) is 17.2 Å². The smallest absolute Gasteiger partial charge is 0.300 e. The van der Waals surface area contributed by atoms with Crippen molar-refractivity contribution in [3.63, 3.8) is 0 Å². The Bertz CT molecular complexity index is 1370. The van der Waals surface area contributed by atoms with E-state index < -0.39 is 23.5 Å². The number of Topliss-reactive ketones (excluding diaryl/α,β-unsaturated/α-hetero) is 1. The molecule has 1 unspecified atom stereocenters. The van der Waals surface area contributed by atoms with E-state index in [9.17, 15) is 19.5 Å². The minimum Gasteiger partial charge on any atom is -0.506 e. The zero-order valence-corrected chi connectivity index (χ0v) is 20.8. The van der Waals surface area contributed by atoms with Gasteiger partial charge in [0.25, 0.3) is 11.7 Å². The molecule has 1 heterocycles. The lowest BCUT2D eigenvalue weighted by atomic mass is 9.94.